The van der Waals surface area contributed by atoms with Gasteiger partial charge in [0.05, 0.1) is 12.3 Å². The second kappa shape index (κ2) is 7.84. The Labute approximate surface area is 144 Å². The summed E-state index contributed by atoms with van der Waals surface area (Å²) in [5.74, 6) is -0.423. The molecule has 0 unspecified atom stereocenters. The molecule has 0 radical (unpaired) electrons. The van der Waals surface area contributed by atoms with Crippen LogP contribution in [0, 0.1) is 0 Å². The molecule has 10 heteroatoms. The lowest BCUT2D eigenvalue weighted by Crippen LogP contribution is -2.45. The normalized spacial score (nSPS) is 14.2. The fourth-order valence-corrected chi connectivity index (χ4v) is 2.34. The molecule has 1 heterocycles. The van der Waals surface area contributed by atoms with E-state index in [9.17, 15) is 22.8 Å². The zero-order valence-corrected chi connectivity index (χ0v) is 13.9. The number of hydrogen-bond donors (Lipinski definition) is 1. The van der Waals surface area contributed by atoms with Crippen LogP contribution in [0.4, 0.5) is 18.9 Å². The van der Waals surface area contributed by atoms with Gasteiger partial charge in [0.2, 0.25) is 5.91 Å². The molecule has 1 aliphatic heterocycles. The summed E-state index contributed by atoms with van der Waals surface area (Å²) >= 11 is 3.28. The molecule has 0 bridgehead atoms. The van der Waals surface area contributed by atoms with E-state index in [1.165, 1.54) is 4.90 Å². The highest BCUT2D eigenvalue weighted by atomic mass is 79.9. The summed E-state index contributed by atoms with van der Waals surface area (Å²) in [6.07, 6.45) is -4.40. The van der Waals surface area contributed by atoms with Crippen molar-refractivity contribution in [2.75, 3.05) is 37.8 Å². The summed E-state index contributed by atoms with van der Waals surface area (Å²) < 4.78 is 46.1. The molecule has 1 N–H and O–H groups in total. The minimum atomic E-state index is -4.40. The van der Waals surface area contributed by atoms with E-state index in [4.69, 9.17) is 4.74 Å². The van der Waals surface area contributed by atoms with Gasteiger partial charge in [0.15, 0.2) is 6.61 Å². The molecule has 0 aliphatic carbocycles. The van der Waals surface area contributed by atoms with Crippen molar-refractivity contribution in [3.8, 4) is 5.75 Å². The number of carbonyl (C=O) groups is 2. The summed E-state index contributed by atoms with van der Waals surface area (Å²) in [5.41, 5.74) is 0.456. The van der Waals surface area contributed by atoms with E-state index in [0.29, 0.717) is 11.4 Å². The molecule has 0 spiro atoms. The third-order valence-corrected chi connectivity index (χ3v) is 3.49. The van der Waals surface area contributed by atoms with Crippen molar-refractivity contribution in [3.05, 3.63) is 22.7 Å². The molecule has 6 nitrogen and oxygen atoms in total. The van der Waals surface area contributed by atoms with Gasteiger partial charge in [-0.1, -0.05) is 15.9 Å². The molecule has 0 aromatic heterocycles. The standard InChI is InChI=1S/C14H14BrF3N2O4/c15-9-1-2-10-11(5-9)24-7-13(22)20(10)6-12(21)19-3-4-23-8-14(16,17)18/h1-2,5H,3-4,6-8H2,(H,19,21). The summed E-state index contributed by atoms with van der Waals surface area (Å²) in [6, 6.07) is 5.02. The first-order chi connectivity index (χ1) is 11.3. The number of nitrogens with one attached hydrogen (secondary N) is 1. The van der Waals surface area contributed by atoms with Crippen molar-refractivity contribution in [2.45, 2.75) is 6.18 Å². The maximum atomic E-state index is 11.9. The van der Waals surface area contributed by atoms with Crippen LogP contribution >= 0.6 is 15.9 Å². The van der Waals surface area contributed by atoms with Crippen molar-refractivity contribution >= 4 is 33.4 Å². The smallest absolute Gasteiger partial charge is 0.411 e. The third kappa shape index (κ3) is 5.38. The van der Waals surface area contributed by atoms with Gasteiger partial charge in [-0.3, -0.25) is 14.5 Å². The van der Waals surface area contributed by atoms with Crippen molar-refractivity contribution < 1.29 is 32.2 Å². The Hall–Kier alpha value is -1.81. The number of fused-ring (bicyclic) bond motifs is 1. The highest BCUT2D eigenvalue weighted by Crippen LogP contribution is 2.34. The van der Waals surface area contributed by atoms with E-state index in [1.807, 2.05) is 0 Å². The van der Waals surface area contributed by atoms with Gasteiger partial charge in [0.25, 0.3) is 5.91 Å². The molecule has 24 heavy (non-hydrogen) atoms. The summed E-state index contributed by atoms with van der Waals surface area (Å²) in [4.78, 5) is 25.0. The maximum Gasteiger partial charge on any atom is 0.411 e. The van der Waals surface area contributed by atoms with Crippen LogP contribution in [0.1, 0.15) is 0 Å². The molecular formula is C14H14BrF3N2O4. The van der Waals surface area contributed by atoms with Crippen LogP contribution in [0.5, 0.6) is 5.75 Å². The van der Waals surface area contributed by atoms with Gasteiger partial charge in [-0.25, -0.2) is 0 Å². The summed E-state index contributed by atoms with van der Waals surface area (Å²) in [6.45, 7) is -2.17. The Kier molecular flexibility index (Phi) is 6.05. The molecule has 0 atom stereocenters. The molecular weight excluding hydrogens is 397 g/mol. The molecule has 0 saturated carbocycles. The molecule has 0 saturated heterocycles. The molecule has 1 aromatic carbocycles. The lowest BCUT2D eigenvalue weighted by Gasteiger charge is -2.29. The second-order valence-corrected chi connectivity index (χ2v) is 5.81. The Morgan fingerprint density at radius 3 is 2.88 bits per heavy atom. The highest BCUT2D eigenvalue weighted by molar-refractivity contribution is 9.10. The summed E-state index contributed by atoms with van der Waals surface area (Å²) in [5, 5.41) is 2.40. The second-order valence-electron chi connectivity index (χ2n) is 4.90. The largest absolute Gasteiger partial charge is 0.482 e. The molecule has 1 aliphatic rings. The number of anilines is 1. The van der Waals surface area contributed by atoms with Crippen molar-refractivity contribution in [3.63, 3.8) is 0 Å². The van der Waals surface area contributed by atoms with Crippen LogP contribution in [0.3, 0.4) is 0 Å². The van der Waals surface area contributed by atoms with Gasteiger partial charge in [0.1, 0.15) is 18.9 Å². The first-order valence-corrected chi connectivity index (χ1v) is 7.69. The minimum Gasteiger partial charge on any atom is -0.482 e. The van der Waals surface area contributed by atoms with Gasteiger partial charge in [-0.2, -0.15) is 13.2 Å². The van der Waals surface area contributed by atoms with Crippen LogP contribution in [0.25, 0.3) is 0 Å². The molecule has 2 rings (SSSR count). The first-order valence-electron chi connectivity index (χ1n) is 6.90. The van der Waals surface area contributed by atoms with E-state index in [-0.39, 0.29) is 32.2 Å². The lowest BCUT2D eigenvalue weighted by atomic mass is 10.2. The molecule has 0 fully saturated rings. The third-order valence-electron chi connectivity index (χ3n) is 3.00. The Morgan fingerprint density at radius 2 is 2.17 bits per heavy atom. The van der Waals surface area contributed by atoms with Crippen molar-refractivity contribution in [2.24, 2.45) is 0 Å². The number of amides is 2. The number of carbonyl (C=O) groups excluding carboxylic acids is 2. The molecule has 132 valence electrons. The number of benzene rings is 1. The van der Waals surface area contributed by atoms with Gasteiger partial charge in [-0.05, 0) is 18.2 Å². The Morgan fingerprint density at radius 1 is 1.42 bits per heavy atom. The van der Waals surface area contributed by atoms with Crippen LogP contribution < -0.4 is 15.0 Å². The number of rotatable bonds is 6. The van der Waals surface area contributed by atoms with E-state index in [1.54, 1.807) is 18.2 Å². The maximum absolute atomic E-state index is 11.9. The Balaban J connectivity index is 1.84. The predicted molar refractivity (Wildman–Crippen MR) is 81.9 cm³/mol. The number of nitrogens with zero attached hydrogens (tertiary/aromatic N) is 1. The van der Waals surface area contributed by atoms with Gasteiger partial charge in [0, 0.05) is 11.0 Å². The fraction of sp³-hybridized carbons (Fsp3) is 0.429. The topological polar surface area (TPSA) is 67.9 Å². The van der Waals surface area contributed by atoms with Gasteiger partial charge >= 0.3 is 6.18 Å². The van der Waals surface area contributed by atoms with E-state index < -0.39 is 18.7 Å². The monoisotopic (exact) mass is 410 g/mol. The first kappa shape index (κ1) is 18.5. The van der Waals surface area contributed by atoms with E-state index in [2.05, 4.69) is 26.0 Å². The van der Waals surface area contributed by atoms with Gasteiger partial charge < -0.3 is 14.8 Å². The van der Waals surface area contributed by atoms with Crippen LogP contribution in [-0.2, 0) is 14.3 Å². The molecule has 1 aromatic rings. The molecule has 2 amide bonds. The zero-order chi connectivity index (χ0) is 17.7. The summed E-state index contributed by atoms with van der Waals surface area (Å²) in [7, 11) is 0. The van der Waals surface area contributed by atoms with Crippen molar-refractivity contribution in [1.29, 1.82) is 0 Å². The average molecular weight is 411 g/mol. The highest BCUT2D eigenvalue weighted by Gasteiger charge is 2.28. The number of alkyl halides is 3. The van der Waals surface area contributed by atoms with Crippen LogP contribution in [-0.4, -0.2) is 50.9 Å². The minimum absolute atomic E-state index is 0.0827. The lowest BCUT2D eigenvalue weighted by molar-refractivity contribution is -0.173. The zero-order valence-electron chi connectivity index (χ0n) is 12.4. The van der Waals surface area contributed by atoms with Crippen LogP contribution in [0.2, 0.25) is 0 Å². The van der Waals surface area contributed by atoms with Gasteiger partial charge in [-0.15, -0.1) is 0 Å². The predicted octanol–water partition coefficient (Wildman–Crippen LogP) is 1.87. The number of ether oxygens (including phenoxy) is 2. The fourth-order valence-electron chi connectivity index (χ4n) is 2.00. The van der Waals surface area contributed by atoms with Crippen LogP contribution in [0.15, 0.2) is 22.7 Å². The van der Waals surface area contributed by atoms with E-state index >= 15 is 0 Å². The van der Waals surface area contributed by atoms with E-state index in [0.717, 1.165) is 4.47 Å². The SMILES string of the molecule is O=C(CN1C(=O)COc2cc(Br)ccc21)NCCOCC(F)(F)F. The Bertz CT molecular complexity index is 625. The average Bonchev–Trinajstić information content (AvgIpc) is 2.48. The number of halogens is 4. The van der Waals surface area contributed by atoms with Crippen molar-refractivity contribution in [1.82, 2.24) is 5.32 Å². The quantitative estimate of drug-likeness (QED) is 0.727. The number of hydrogen-bond acceptors (Lipinski definition) is 4.